The van der Waals surface area contributed by atoms with Gasteiger partial charge in [-0.2, -0.15) is 0 Å². The van der Waals surface area contributed by atoms with Gasteiger partial charge in [0.15, 0.2) is 6.29 Å². The molecule has 2 heterocycles. The van der Waals surface area contributed by atoms with E-state index in [-0.39, 0.29) is 36.0 Å². The molecule has 0 aliphatic carbocycles. The van der Waals surface area contributed by atoms with Gasteiger partial charge >= 0.3 is 5.97 Å². The van der Waals surface area contributed by atoms with Gasteiger partial charge in [-0.25, -0.2) is 9.78 Å². The number of benzene rings is 5. The number of amides is 1. The van der Waals surface area contributed by atoms with E-state index in [1.807, 2.05) is 109 Å². The highest BCUT2D eigenvalue weighted by atomic mass is 32.2. The second-order valence-corrected chi connectivity index (χ2v) is 13.2. The fourth-order valence-electron chi connectivity index (χ4n) is 6.08. The number of carboxylic acid groups (broad SMARTS) is 1. The van der Waals surface area contributed by atoms with Crippen LogP contribution in [0, 0.1) is 0 Å². The number of carboxylic acids is 1. The summed E-state index contributed by atoms with van der Waals surface area (Å²) < 4.78 is 13.0. The molecule has 9 nitrogen and oxygen atoms in total. The number of aromatic nitrogens is 2. The molecule has 0 bridgehead atoms. The molecule has 7 rings (SSSR count). The summed E-state index contributed by atoms with van der Waals surface area (Å²) in [6.07, 6.45) is 0.917. The SMILES string of the molecule is O=C(NCc1ccccc1-c1ccc([C@H]2O[C@@H](CSc3ccccc3C(=O)O)C[C@@H](c3ccc(CO)cc3)O2)cc1)c1cnc2ccccc2n1. The number of aliphatic hydroxyl groups excluding tert-OH is 1. The van der Waals surface area contributed by atoms with E-state index in [4.69, 9.17) is 9.47 Å². The van der Waals surface area contributed by atoms with E-state index in [2.05, 4.69) is 15.3 Å². The molecule has 0 unspecified atom stereocenters. The number of fused-ring (bicyclic) bond motifs is 1. The third-order valence-electron chi connectivity index (χ3n) is 8.79. The van der Waals surface area contributed by atoms with Crippen LogP contribution in [0.4, 0.5) is 0 Å². The van der Waals surface area contributed by atoms with Gasteiger partial charge in [0.2, 0.25) is 0 Å². The summed E-state index contributed by atoms with van der Waals surface area (Å²) in [6, 6.07) is 38.1. The Morgan fingerprint density at radius 2 is 1.51 bits per heavy atom. The smallest absolute Gasteiger partial charge is 0.336 e. The minimum atomic E-state index is -0.964. The van der Waals surface area contributed by atoms with Gasteiger partial charge in [0.1, 0.15) is 5.69 Å². The number of ether oxygens (including phenoxy) is 2. The Hall–Kier alpha value is -5.39. The lowest BCUT2D eigenvalue weighted by Crippen LogP contribution is -2.31. The van der Waals surface area contributed by atoms with Crippen molar-refractivity contribution in [3.8, 4) is 11.1 Å². The predicted octanol–water partition coefficient (Wildman–Crippen LogP) is 7.76. The standard InChI is InChI=1S/C41H35N3O6S/c45-24-26-13-15-28(16-14-26)37-21-31(25-51-38-12-6-3-9-33(38)40(47)48)49-41(50-37)29-19-17-27(18-20-29)32-8-2-1-7-30(32)22-43-39(46)36-23-42-34-10-4-5-11-35(34)44-36/h1-20,23,31,37,41,45H,21-22,24-25H2,(H,43,46)(H,47,48)/t31-,37+,41+/m1/s1. The van der Waals surface area contributed by atoms with Crippen molar-refractivity contribution in [1.29, 1.82) is 0 Å². The van der Waals surface area contributed by atoms with Gasteiger partial charge in [0.25, 0.3) is 5.91 Å². The van der Waals surface area contributed by atoms with E-state index in [1.54, 1.807) is 12.1 Å². The summed E-state index contributed by atoms with van der Waals surface area (Å²) in [5.74, 6) is -0.726. The van der Waals surface area contributed by atoms with E-state index >= 15 is 0 Å². The highest BCUT2D eigenvalue weighted by Gasteiger charge is 2.32. The van der Waals surface area contributed by atoms with Gasteiger partial charge in [-0.1, -0.05) is 97.1 Å². The maximum atomic E-state index is 13.0. The Kier molecular flexibility index (Phi) is 10.5. The summed E-state index contributed by atoms with van der Waals surface area (Å²) in [7, 11) is 0. The monoisotopic (exact) mass is 697 g/mol. The van der Waals surface area contributed by atoms with Crippen molar-refractivity contribution >= 4 is 34.7 Å². The molecule has 1 amide bonds. The lowest BCUT2D eigenvalue weighted by molar-refractivity contribution is -0.245. The largest absolute Gasteiger partial charge is 0.478 e. The zero-order valence-corrected chi connectivity index (χ0v) is 28.3. The number of para-hydroxylation sites is 2. The minimum Gasteiger partial charge on any atom is -0.478 e. The van der Waals surface area contributed by atoms with Gasteiger partial charge < -0.3 is 25.0 Å². The summed E-state index contributed by atoms with van der Waals surface area (Å²) >= 11 is 1.46. The van der Waals surface area contributed by atoms with E-state index in [1.165, 1.54) is 18.0 Å². The van der Waals surface area contributed by atoms with E-state index < -0.39 is 12.3 Å². The average molecular weight is 698 g/mol. The number of carbonyl (C=O) groups is 2. The molecule has 1 saturated heterocycles. The third-order valence-corrected chi connectivity index (χ3v) is 9.99. The lowest BCUT2D eigenvalue weighted by atomic mass is 9.97. The van der Waals surface area contributed by atoms with Crippen LogP contribution in [0.25, 0.3) is 22.2 Å². The van der Waals surface area contributed by atoms with Gasteiger partial charge in [-0.3, -0.25) is 9.78 Å². The summed E-state index contributed by atoms with van der Waals surface area (Å²) in [5.41, 5.74) is 7.45. The molecule has 5 aromatic carbocycles. The molecule has 0 spiro atoms. The Morgan fingerprint density at radius 3 is 2.29 bits per heavy atom. The van der Waals surface area contributed by atoms with Crippen molar-refractivity contribution in [2.45, 2.75) is 43.0 Å². The zero-order chi connectivity index (χ0) is 35.2. The number of thioether (sulfide) groups is 1. The fraction of sp³-hybridized carbons (Fsp3) is 0.171. The van der Waals surface area contributed by atoms with E-state index in [0.29, 0.717) is 29.1 Å². The van der Waals surface area contributed by atoms with Crippen molar-refractivity contribution in [2.24, 2.45) is 0 Å². The maximum absolute atomic E-state index is 13.0. The normalized spacial score (nSPS) is 17.2. The first-order valence-corrected chi connectivity index (χ1v) is 17.6. The molecular formula is C41H35N3O6S. The molecule has 1 fully saturated rings. The molecule has 6 aromatic rings. The third kappa shape index (κ3) is 8.00. The molecule has 3 atom stereocenters. The number of hydrogen-bond donors (Lipinski definition) is 3. The quantitative estimate of drug-likeness (QED) is 0.116. The predicted molar refractivity (Wildman–Crippen MR) is 195 cm³/mol. The van der Waals surface area contributed by atoms with Crippen LogP contribution < -0.4 is 5.32 Å². The van der Waals surface area contributed by atoms with Crippen molar-refractivity contribution in [3.05, 3.63) is 161 Å². The number of rotatable bonds is 11. The average Bonchev–Trinajstić information content (AvgIpc) is 3.19. The molecule has 1 aromatic heterocycles. The van der Waals surface area contributed by atoms with E-state index in [9.17, 15) is 19.8 Å². The van der Waals surface area contributed by atoms with Crippen LogP contribution in [0.3, 0.4) is 0 Å². The topological polar surface area (TPSA) is 131 Å². The number of aromatic carboxylic acids is 1. The van der Waals surface area contributed by atoms with Crippen molar-refractivity contribution in [3.63, 3.8) is 0 Å². The molecule has 1 aliphatic rings. The maximum Gasteiger partial charge on any atom is 0.336 e. The Morgan fingerprint density at radius 1 is 0.804 bits per heavy atom. The number of aliphatic hydroxyl groups is 1. The zero-order valence-electron chi connectivity index (χ0n) is 27.5. The molecular weight excluding hydrogens is 663 g/mol. The molecule has 10 heteroatoms. The van der Waals surface area contributed by atoms with Gasteiger partial charge in [0.05, 0.1) is 41.6 Å². The number of hydrogen-bond acceptors (Lipinski definition) is 8. The van der Waals surface area contributed by atoms with Crippen LogP contribution in [-0.2, 0) is 22.6 Å². The highest BCUT2D eigenvalue weighted by molar-refractivity contribution is 7.99. The number of nitrogens with one attached hydrogen (secondary N) is 1. The first kappa shape index (κ1) is 34.1. The van der Waals surface area contributed by atoms with Crippen molar-refractivity contribution < 1.29 is 29.3 Å². The van der Waals surface area contributed by atoms with Crippen molar-refractivity contribution in [2.75, 3.05) is 5.75 Å². The van der Waals surface area contributed by atoms with Gasteiger partial charge in [0, 0.05) is 29.2 Å². The second kappa shape index (κ2) is 15.7. The van der Waals surface area contributed by atoms with Gasteiger partial charge in [-0.05, 0) is 52.1 Å². The molecule has 0 saturated carbocycles. The Balaban J connectivity index is 1.08. The molecule has 256 valence electrons. The van der Waals surface area contributed by atoms with Crippen LogP contribution in [-0.4, -0.2) is 43.9 Å². The van der Waals surface area contributed by atoms with Gasteiger partial charge in [-0.15, -0.1) is 11.8 Å². The van der Waals surface area contributed by atoms with E-state index in [0.717, 1.165) is 38.9 Å². The van der Waals surface area contributed by atoms with Crippen LogP contribution in [0.5, 0.6) is 0 Å². The molecule has 0 radical (unpaired) electrons. The number of nitrogens with zero attached hydrogens (tertiary/aromatic N) is 2. The summed E-state index contributed by atoms with van der Waals surface area (Å²) in [5, 5.41) is 22.2. The lowest BCUT2D eigenvalue weighted by Gasteiger charge is -2.36. The Bertz CT molecular complexity index is 2160. The van der Waals surface area contributed by atoms with Crippen LogP contribution in [0.15, 0.2) is 132 Å². The Labute approximate surface area is 299 Å². The number of carbonyl (C=O) groups excluding carboxylic acids is 1. The highest BCUT2D eigenvalue weighted by Crippen LogP contribution is 2.40. The summed E-state index contributed by atoms with van der Waals surface area (Å²) in [6.45, 7) is 0.266. The molecule has 3 N–H and O–H groups in total. The van der Waals surface area contributed by atoms with Crippen LogP contribution in [0.1, 0.15) is 61.9 Å². The second-order valence-electron chi connectivity index (χ2n) is 12.2. The first-order valence-electron chi connectivity index (χ1n) is 16.6. The molecule has 1 aliphatic heterocycles. The van der Waals surface area contributed by atoms with Crippen LogP contribution in [0.2, 0.25) is 0 Å². The fourth-order valence-corrected chi connectivity index (χ4v) is 7.15. The first-order chi connectivity index (χ1) is 24.9. The van der Waals surface area contributed by atoms with Crippen molar-refractivity contribution in [1.82, 2.24) is 15.3 Å². The minimum absolute atomic E-state index is 0.0409. The van der Waals surface area contributed by atoms with Crippen LogP contribution >= 0.6 is 11.8 Å². The molecule has 51 heavy (non-hydrogen) atoms. The summed E-state index contributed by atoms with van der Waals surface area (Å²) in [4.78, 5) is 34.3.